The summed E-state index contributed by atoms with van der Waals surface area (Å²) < 4.78 is 13.3. The molecule has 186 valence electrons. The highest BCUT2D eigenvalue weighted by atomic mass is 32.1. The van der Waals surface area contributed by atoms with Crippen LogP contribution >= 0.6 is 12.2 Å². The summed E-state index contributed by atoms with van der Waals surface area (Å²) in [5.74, 6) is 1.66. The minimum Gasteiger partial charge on any atom is -0.377 e. The molecule has 5 nitrogen and oxygen atoms in total. The van der Waals surface area contributed by atoms with Gasteiger partial charge in [0.15, 0.2) is 0 Å². The molecule has 4 bridgehead atoms. The van der Waals surface area contributed by atoms with Crippen LogP contribution in [0.5, 0.6) is 0 Å². The van der Waals surface area contributed by atoms with E-state index in [0.29, 0.717) is 35.2 Å². The number of hydrogen-bond acceptors (Lipinski definition) is 4. The second-order valence-corrected chi connectivity index (χ2v) is 12.1. The fraction of sp³-hybridized carbons (Fsp3) is 0.536. The second-order valence-electron chi connectivity index (χ2n) is 11.7. The molecule has 4 aliphatic carbocycles. The summed E-state index contributed by atoms with van der Waals surface area (Å²) in [6.45, 7) is 4.87. The number of anilines is 1. The van der Waals surface area contributed by atoms with Gasteiger partial charge in [0, 0.05) is 30.0 Å². The van der Waals surface area contributed by atoms with E-state index in [1.54, 1.807) is 12.4 Å². The maximum Gasteiger partial charge on any atom is 0.230 e. The average Bonchev–Trinajstić information content (AvgIpc) is 2.82. The number of halogens is 1. The van der Waals surface area contributed by atoms with E-state index in [1.807, 2.05) is 24.3 Å². The van der Waals surface area contributed by atoms with Gasteiger partial charge in [0.25, 0.3) is 0 Å². The number of pyridine rings is 1. The van der Waals surface area contributed by atoms with Crippen LogP contribution in [0.2, 0.25) is 0 Å². The number of hydrogen-bond donors (Lipinski definition) is 3. The van der Waals surface area contributed by atoms with Crippen molar-refractivity contribution in [2.75, 3.05) is 11.9 Å². The molecule has 2 aromatic rings. The van der Waals surface area contributed by atoms with Gasteiger partial charge < -0.3 is 16.4 Å². The van der Waals surface area contributed by atoms with E-state index in [0.717, 1.165) is 43.4 Å². The molecule has 1 heterocycles. The first kappa shape index (κ1) is 24.3. The Morgan fingerprint density at radius 1 is 1.14 bits per heavy atom. The molecule has 4 saturated carbocycles. The minimum absolute atomic E-state index is 0.150. The zero-order valence-electron chi connectivity index (χ0n) is 20.5. The lowest BCUT2D eigenvalue weighted by Gasteiger charge is -2.60. The second kappa shape index (κ2) is 9.25. The first-order valence-electron chi connectivity index (χ1n) is 12.7. The first-order valence-corrected chi connectivity index (χ1v) is 13.1. The SMILES string of the molecule is CC(C)(CNC(=S)C(N)C1C2CC3CC1CC(C(=O)Nc1ccncc1)(C3)C2)c1ccc(F)cc1. The van der Waals surface area contributed by atoms with E-state index in [4.69, 9.17) is 18.0 Å². The zero-order chi connectivity index (χ0) is 24.8. The zero-order valence-corrected chi connectivity index (χ0v) is 21.3. The van der Waals surface area contributed by atoms with Crippen molar-refractivity contribution < 1.29 is 9.18 Å². The van der Waals surface area contributed by atoms with Crippen molar-refractivity contribution in [1.29, 1.82) is 0 Å². The number of carbonyl (C=O) groups excluding carboxylic acids is 1. The lowest BCUT2D eigenvalue weighted by molar-refractivity contribution is -0.148. The van der Waals surface area contributed by atoms with Gasteiger partial charge in [0.1, 0.15) is 5.82 Å². The van der Waals surface area contributed by atoms with Crippen LogP contribution < -0.4 is 16.4 Å². The van der Waals surface area contributed by atoms with Crippen molar-refractivity contribution in [1.82, 2.24) is 10.3 Å². The quantitative estimate of drug-likeness (QED) is 0.481. The summed E-state index contributed by atoms with van der Waals surface area (Å²) in [6.07, 6.45) is 8.45. The Morgan fingerprint density at radius 2 is 1.77 bits per heavy atom. The molecule has 0 aliphatic heterocycles. The monoisotopic (exact) mass is 494 g/mol. The normalized spacial score (nSPS) is 30.1. The molecule has 35 heavy (non-hydrogen) atoms. The Balaban J connectivity index is 1.24. The Labute approximate surface area is 212 Å². The minimum atomic E-state index is -0.296. The topological polar surface area (TPSA) is 80.0 Å². The number of nitrogens with two attached hydrogens (primary N) is 1. The summed E-state index contributed by atoms with van der Waals surface area (Å²) in [5.41, 5.74) is 8.17. The Morgan fingerprint density at radius 3 is 2.40 bits per heavy atom. The Bertz CT molecular complexity index is 1070. The number of thiocarbonyl (C=S) groups is 1. The van der Waals surface area contributed by atoms with Crippen molar-refractivity contribution in [3.05, 3.63) is 60.2 Å². The molecule has 6 rings (SSSR count). The van der Waals surface area contributed by atoms with Gasteiger partial charge in [-0.05, 0) is 85.6 Å². The summed E-state index contributed by atoms with van der Waals surface area (Å²) in [4.78, 5) is 18.2. The van der Waals surface area contributed by atoms with Crippen LogP contribution in [0.4, 0.5) is 10.1 Å². The van der Waals surface area contributed by atoms with Crippen LogP contribution in [-0.2, 0) is 10.2 Å². The van der Waals surface area contributed by atoms with E-state index in [9.17, 15) is 9.18 Å². The lowest BCUT2D eigenvalue weighted by atomic mass is 9.45. The fourth-order valence-electron chi connectivity index (χ4n) is 7.23. The third kappa shape index (κ3) is 4.73. The highest BCUT2D eigenvalue weighted by molar-refractivity contribution is 7.80. The number of benzene rings is 1. The van der Waals surface area contributed by atoms with Crippen LogP contribution in [0.15, 0.2) is 48.8 Å². The van der Waals surface area contributed by atoms with Crippen molar-refractivity contribution in [3.8, 4) is 0 Å². The maximum atomic E-state index is 13.4. The molecule has 3 atom stereocenters. The number of aromatic nitrogens is 1. The Kier molecular flexibility index (Phi) is 6.43. The highest BCUT2D eigenvalue weighted by Gasteiger charge is 2.59. The molecule has 1 aromatic carbocycles. The van der Waals surface area contributed by atoms with Gasteiger partial charge in [-0.3, -0.25) is 9.78 Å². The largest absolute Gasteiger partial charge is 0.377 e. The van der Waals surface area contributed by atoms with Gasteiger partial charge in [-0.15, -0.1) is 0 Å². The van der Waals surface area contributed by atoms with Crippen LogP contribution in [0.1, 0.15) is 51.5 Å². The summed E-state index contributed by atoms with van der Waals surface area (Å²) in [7, 11) is 0. The number of amides is 1. The first-order chi connectivity index (χ1) is 16.7. The van der Waals surface area contributed by atoms with Gasteiger partial charge in [-0.25, -0.2) is 4.39 Å². The Hall–Kier alpha value is -2.38. The third-order valence-electron chi connectivity index (χ3n) is 8.81. The van der Waals surface area contributed by atoms with Crippen LogP contribution in [0, 0.1) is 34.9 Å². The van der Waals surface area contributed by atoms with Crippen LogP contribution in [-0.4, -0.2) is 28.5 Å². The predicted molar refractivity (Wildman–Crippen MR) is 140 cm³/mol. The smallest absolute Gasteiger partial charge is 0.230 e. The molecule has 4 fully saturated rings. The molecule has 4 N–H and O–H groups in total. The molecule has 1 amide bonds. The fourth-order valence-corrected chi connectivity index (χ4v) is 7.46. The summed E-state index contributed by atoms with van der Waals surface area (Å²) in [6, 6.07) is 10.1. The number of nitrogens with one attached hydrogen (secondary N) is 2. The molecular weight excluding hydrogens is 459 g/mol. The van der Waals surface area contributed by atoms with Crippen LogP contribution in [0.3, 0.4) is 0 Å². The van der Waals surface area contributed by atoms with Crippen molar-refractivity contribution >= 4 is 28.8 Å². The van der Waals surface area contributed by atoms with E-state index >= 15 is 0 Å². The van der Waals surface area contributed by atoms with E-state index < -0.39 is 0 Å². The third-order valence-corrected chi connectivity index (χ3v) is 9.23. The van der Waals surface area contributed by atoms with Gasteiger partial charge in [-0.2, -0.15) is 0 Å². The van der Waals surface area contributed by atoms with Gasteiger partial charge in [0.05, 0.1) is 16.4 Å². The number of carbonyl (C=O) groups is 1. The van der Waals surface area contributed by atoms with E-state index in [1.165, 1.54) is 12.1 Å². The number of rotatable bonds is 7. The van der Waals surface area contributed by atoms with Crippen molar-refractivity contribution in [2.45, 2.75) is 57.4 Å². The highest BCUT2D eigenvalue weighted by Crippen LogP contribution is 2.63. The molecule has 7 heteroatoms. The van der Waals surface area contributed by atoms with Gasteiger partial charge in [-0.1, -0.05) is 38.2 Å². The van der Waals surface area contributed by atoms with Crippen molar-refractivity contribution in [3.63, 3.8) is 0 Å². The summed E-state index contributed by atoms with van der Waals surface area (Å²) in [5, 5.41) is 6.59. The molecule has 4 aliphatic rings. The molecule has 0 spiro atoms. The molecule has 0 radical (unpaired) electrons. The van der Waals surface area contributed by atoms with Gasteiger partial charge in [0.2, 0.25) is 5.91 Å². The molecule has 0 saturated heterocycles. The number of nitrogens with zero attached hydrogens (tertiary/aromatic N) is 1. The average molecular weight is 495 g/mol. The molecule has 3 unspecified atom stereocenters. The molecule has 1 aromatic heterocycles. The maximum absolute atomic E-state index is 13.4. The predicted octanol–water partition coefficient (Wildman–Crippen LogP) is 4.82. The lowest BCUT2D eigenvalue weighted by Crippen LogP contribution is -2.61. The standard InChI is InChI=1S/C28H35FN4OS/c1-27(2,20-3-5-21(29)6-4-20)16-32-25(35)24(30)23-18-11-17-12-19(23)15-28(13-17,14-18)26(34)33-22-7-9-31-10-8-22/h3-10,17-19,23-24H,11-16,30H2,1-2H3,(H,32,35)(H,31,33,34). The van der Waals surface area contributed by atoms with E-state index in [2.05, 4.69) is 29.5 Å². The van der Waals surface area contributed by atoms with Crippen molar-refractivity contribution in [2.24, 2.45) is 34.8 Å². The van der Waals surface area contributed by atoms with Crippen LogP contribution in [0.25, 0.3) is 0 Å². The molecular formula is C28H35FN4OS. The summed E-state index contributed by atoms with van der Waals surface area (Å²) >= 11 is 5.80. The van der Waals surface area contributed by atoms with Gasteiger partial charge >= 0.3 is 0 Å². The van der Waals surface area contributed by atoms with E-state index in [-0.39, 0.29) is 28.6 Å².